The third-order valence-electron chi connectivity index (χ3n) is 7.49. The summed E-state index contributed by atoms with van der Waals surface area (Å²) in [6, 6.07) is 40.1. The van der Waals surface area contributed by atoms with E-state index in [1.54, 1.807) is 0 Å². The molecule has 186 valence electrons. The van der Waals surface area contributed by atoms with Crippen molar-refractivity contribution in [2.24, 2.45) is 5.92 Å². The van der Waals surface area contributed by atoms with Crippen LogP contribution in [0.2, 0.25) is 0 Å². The Kier molecular flexibility index (Phi) is 7.60. The summed E-state index contributed by atoms with van der Waals surface area (Å²) in [4.78, 5) is 27.7. The summed E-state index contributed by atoms with van der Waals surface area (Å²) in [5.74, 6) is -1.67. The van der Waals surface area contributed by atoms with Crippen molar-refractivity contribution in [2.45, 2.75) is 43.6 Å². The number of rotatable bonds is 9. The first kappa shape index (κ1) is 24.7. The van der Waals surface area contributed by atoms with Gasteiger partial charge in [-0.25, -0.2) is 0 Å². The van der Waals surface area contributed by atoms with Crippen LogP contribution in [-0.2, 0) is 27.2 Å². The van der Waals surface area contributed by atoms with E-state index in [1.165, 1.54) is 11.1 Å². The molecule has 4 aromatic carbocycles. The number of hydrogen-bond donors (Lipinski definition) is 0. The van der Waals surface area contributed by atoms with Crippen LogP contribution in [0, 0.1) is 5.92 Å². The van der Waals surface area contributed by atoms with Crippen molar-refractivity contribution < 1.29 is 14.3 Å². The third-order valence-corrected chi connectivity index (χ3v) is 7.49. The predicted molar refractivity (Wildman–Crippen MR) is 146 cm³/mol. The molecule has 1 aliphatic heterocycles. The Bertz CT molecular complexity index is 1200. The highest BCUT2D eigenvalue weighted by Crippen LogP contribution is 2.42. The Hall–Kier alpha value is -3.98. The molecule has 1 atom stereocenters. The number of benzene rings is 4. The highest BCUT2D eigenvalue weighted by molar-refractivity contribution is 6.03. The SMILES string of the molecule is O=C1CC(CCc2ccccc2)(CCc2ccccc2)OC(=O)C1C(c1ccccc1)c1ccccc1. The van der Waals surface area contributed by atoms with Crippen molar-refractivity contribution in [2.75, 3.05) is 0 Å². The molecule has 0 bridgehead atoms. The van der Waals surface area contributed by atoms with Gasteiger partial charge in [-0.15, -0.1) is 0 Å². The molecule has 0 aliphatic carbocycles. The van der Waals surface area contributed by atoms with E-state index in [0.717, 1.165) is 24.0 Å². The van der Waals surface area contributed by atoms with Crippen LogP contribution in [0.1, 0.15) is 47.4 Å². The van der Waals surface area contributed by atoms with Crippen molar-refractivity contribution in [3.63, 3.8) is 0 Å². The number of hydrogen-bond acceptors (Lipinski definition) is 3. The number of ether oxygens (including phenoxy) is 1. The molecule has 0 aromatic heterocycles. The van der Waals surface area contributed by atoms with Crippen LogP contribution < -0.4 is 0 Å². The molecule has 0 radical (unpaired) electrons. The molecule has 1 saturated heterocycles. The predicted octanol–water partition coefficient (Wildman–Crippen LogP) is 6.96. The Morgan fingerprint density at radius 1 is 0.622 bits per heavy atom. The minimum atomic E-state index is -0.855. The lowest BCUT2D eigenvalue weighted by Gasteiger charge is -2.41. The van der Waals surface area contributed by atoms with Gasteiger partial charge in [0.2, 0.25) is 0 Å². The molecule has 0 N–H and O–H groups in total. The van der Waals surface area contributed by atoms with E-state index in [-0.39, 0.29) is 18.1 Å². The van der Waals surface area contributed by atoms with Gasteiger partial charge in [0.1, 0.15) is 11.5 Å². The molecule has 5 rings (SSSR count). The first-order valence-electron chi connectivity index (χ1n) is 13.1. The molecule has 1 unspecified atom stereocenters. The Morgan fingerprint density at radius 2 is 1.03 bits per heavy atom. The van der Waals surface area contributed by atoms with E-state index in [2.05, 4.69) is 24.3 Å². The Labute approximate surface area is 219 Å². The molecular formula is C34H32O3. The molecule has 0 amide bonds. The van der Waals surface area contributed by atoms with E-state index in [4.69, 9.17) is 4.74 Å². The molecular weight excluding hydrogens is 456 g/mol. The number of ketones is 1. The summed E-state index contributed by atoms with van der Waals surface area (Å²) >= 11 is 0. The second kappa shape index (κ2) is 11.4. The van der Waals surface area contributed by atoms with Crippen molar-refractivity contribution in [3.05, 3.63) is 144 Å². The summed E-state index contributed by atoms with van der Waals surface area (Å²) in [5.41, 5.74) is 3.45. The van der Waals surface area contributed by atoms with Crippen LogP contribution in [0.15, 0.2) is 121 Å². The maximum Gasteiger partial charge on any atom is 0.318 e. The first-order chi connectivity index (χ1) is 18.1. The summed E-state index contributed by atoms with van der Waals surface area (Å²) in [6.45, 7) is 0. The Balaban J connectivity index is 1.44. The molecule has 3 heteroatoms. The molecule has 1 aliphatic rings. The first-order valence-corrected chi connectivity index (χ1v) is 13.1. The van der Waals surface area contributed by atoms with Crippen molar-refractivity contribution in [1.82, 2.24) is 0 Å². The third kappa shape index (κ3) is 5.89. The number of carbonyl (C=O) groups excluding carboxylic acids is 2. The van der Waals surface area contributed by atoms with Crippen LogP contribution in [0.4, 0.5) is 0 Å². The molecule has 1 fully saturated rings. The highest BCUT2D eigenvalue weighted by atomic mass is 16.6. The molecule has 4 aromatic rings. The van der Waals surface area contributed by atoms with Gasteiger partial charge in [-0.2, -0.15) is 0 Å². The van der Waals surface area contributed by atoms with E-state index in [1.807, 2.05) is 97.1 Å². The van der Waals surface area contributed by atoms with Gasteiger partial charge in [0.05, 0.1) is 0 Å². The van der Waals surface area contributed by atoms with Gasteiger partial charge in [-0.1, -0.05) is 121 Å². The highest BCUT2D eigenvalue weighted by Gasteiger charge is 2.49. The maximum absolute atomic E-state index is 13.9. The molecule has 0 saturated carbocycles. The van der Waals surface area contributed by atoms with Crippen LogP contribution in [-0.4, -0.2) is 17.4 Å². The second-order valence-corrected chi connectivity index (χ2v) is 10.00. The Morgan fingerprint density at radius 3 is 1.43 bits per heavy atom. The zero-order valence-corrected chi connectivity index (χ0v) is 21.0. The smallest absolute Gasteiger partial charge is 0.318 e. The standard InChI is InChI=1S/C34H32O3/c35-30-25-34(23-21-26-13-5-1-6-14-26,24-22-27-15-7-2-8-16-27)37-33(36)32(30)31(28-17-9-3-10-18-28)29-19-11-4-12-20-29/h1-20,31-32H,21-25H2. The van der Waals surface area contributed by atoms with E-state index in [9.17, 15) is 9.59 Å². The van der Waals surface area contributed by atoms with Crippen LogP contribution in [0.5, 0.6) is 0 Å². The fraction of sp³-hybridized carbons (Fsp3) is 0.235. The minimum Gasteiger partial charge on any atom is -0.458 e. The van der Waals surface area contributed by atoms with Gasteiger partial charge in [-0.3, -0.25) is 9.59 Å². The largest absolute Gasteiger partial charge is 0.458 e. The normalized spacial score (nSPS) is 16.9. The van der Waals surface area contributed by atoms with E-state index >= 15 is 0 Å². The van der Waals surface area contributed by atoms with Crippen molar-refractivity contribution in [1.29, 1.82) is 0 Å². The molecule has 1 heterocycles. The zero-order chi connectivity index (χ0) is 25.5. The summed E-state index contributed by atoms with van der Waals surface area (Å²) < 4.78 is 6.36. The summed E-state index contributed by atoms with van der Waals surface area (Å²) in [6.07, 6.45) is 2.98. The number of aryl methyl sites for hydroxylation is 2. The zero-order valence-electron chi connectivity index (χ0n) is 21.0. The molecule has 37 heavy (non-hydrogen) atoms. The van der Waals surface area contributed by atoms with Crippen molar-refractivity contribution >= 4 is 11.8 Å². The lowest BCUT2D eigenvalue weighted by molar-refractivity contribution is -0.180. The number of cyclic esters (lactones) is 1. The number of Topliss-reactive ketones (excluding diaryl/α,β-unsaturated/α-hetero) is 1. The number of carbonyl (C=O) groups is 2. The van der Waals surface area contributed by atoms with Crippen LogP contribution >= 0.6 is 0 Å². The van der Waals surface area contributed by atoms with Gasteiger partial charge < -0.3 is 4.74 Å². The van der Waals surface area contributed by atoms with Gasteiger partial charge in [0, 0.05) is 12.3 Å². The average Bonchev–Trinajstić information content (AvgIpc) is 2.95. The summed E-state index contributed by atoms with van der Waals surface area (Å²) in [7, 11) is 0. The topological polar surface area (TPSA) is 43.4 Å². The lowest BCUT2D eigenvalue weighted by Crippen LogP contribution is -2.50. The van der Waals surface area contributed by atoms with Crippen LogP contribution in [0.25, 0.3) is 0 Å². The average molecular weight is 489 g/mol. The number of esters is 1. The van der Waals surface area contributed by atoms with Gasteiger partial charge in [0.15, 0.2) is 5.78 Å². The van der Waals surface area contributed by atoms with E-state index < -0.39 is 17.5 Å². The monoisotopic (exact) mass is 488 g/mol. The van der Waals surface area contributed by atoms with Crippen molar-refractivity contribution in [3.8, 4) is 0 Å². The molecule has 0 spiro atoms. The van der Waals surface area contributed by atoms with Gasteiger partial charge in [0.25, 0.3) is 0 Å². The van der Waals surface area contributed by atoms with Gasteiger partial charge in [-0.05, 0) is 47.9 Å². The molecule has 3 nitrogen and oxygen atoms in total. The van der Waals surface area contributed by atoms with E-state index in [0.29, 0.717) is 12.8 Å². The maximum atomic E-state index is 13.9. The van der Waals surface area contributed by atoms with Gasteiger partial charge >= 0.3 is 5.97 Å². The quantitative estimate of drug-likeness (QED) is 0.189. The fourth-order valence-corrected chi connectivity index (χ4v) is 5.53. The second-order valence-electron chi connectivity index (χ2n) is 10.00. The summed E-state index contributed by atoms with van der Waals surface area (Å²) in [5, 5.41) is 0. The minimum absolute atomic E-state index is 0.0323. The van der Waals surface area contributed by atoms with Crippen LogP contribution in [0.3, 0.4) is 0 Å². The fourth-order valence-electron chi connectivity index (χ4n) is 5.53. The lowest BCUT2D eigenvalue weighted by atomic mass is 9.72.